The lowest BCUT2D eigenvalue weighted by molar-refractivity contribution is 0.603. The molecule has 0 spiro atoms. The second-order valence-electron chi connectivity index (χ2n) is 5.14. The van der Waals surface area contributed by atoms with Crippen molar-refractivity contribution in [2.24, 2.45) is 5.92 Å². The lowest BCUT2D eigenvalue weighted by Crippen LogP contribution is -2.15. The number of anilines is 1. The van der Waals surface area contributed by atoms with Gasteiger partial charge in [-0.15, -0.1) is 0 Å². The molecule has 0 amide bonds. The minimum atomic E-state index is 0.635. The molecule has 88 valence electrons. The topological polar surface area (TPSA) is 24.9 Å². The van der Waals surface area contributed by atoms with Gasteiger partial charge in [0.15, 0.2) is 0 Å². The van der Waals surface area contributed by atoms with Gasteiger partial charge < -0.3 is 5.32 Å². The lowest BCUT2D eigenvalue weighted by Gasteiger charge is -2.15. The molecule has 1 aromatic carbocycles. The van der Waals surface area contributed by atoms with Gasteiger partial charge in [0.2, 0.25) is 0 Å². The minimum Gasteiger partial charge on any atom is -0.382 e. The van der Waals surface area contributed by atoms with Crippen LogP contribution in [0.4, 0.5) is 5.69 Å². The van der Waals surface area contributed by atoms with Gasteiger partial charge in [-0.05, 0) is 49.4 Å². The van der Waals surface area contributed by atoms with E-state index in [-0.39, 0.29) is 0 Å². The summed E-state index contributed by atoms with van der Waals surface area (Å²) in [5, 5.41) is 4.91. The maximum atomic E-state index is 4.39. The van der Waals surface area contributed by atoms with Gasteiger partial charge in [0.25, 0.3) is 0 Å². The molecule has 3 rings (SSSR count). The van der Waals surface area contributed by atoms with Crippen LogP contribution in [0, 0.1) is 5.92 Å². The number of rotatable bonds is 2. The lowest BCUT2D eigenvalue weighted by atomic mass is 10.1. The predicted molar refractivity (Wildman–Crippen MR) is 72.2 cm³/mol. The molecule has 2 unspecified atom stereocenters. The monoisotopic (exact) mass is 226 g/mol. The largest absolute Gasteiger partial charge is 0.382 e. The van der Waals surface area contributed by atoms with Crippen molar-refractivity contribution in [1.82, 2.24) is 4.98 Å². The first kappa shape index (κ1) is 10.6. The Morgan fingerprint density at radius 2 is 2.12 bits per heavy atom. The molecule has 1 aromatic heterocycles. The average molecular weight is 226 g/mol. The Bertz CT molecular complexity index is 516. The highest BCUT2D eigenvalue weighted by Gasteiger charge is 2.21. The number of hydrogen-bond acceptors (Lipinski definition) is 2. The maximum Gasteiger partial charge on any atom is 0.0722 e. The zero-order chi connectivity index (χ0) is 11.7. The molecule has 2 aromatic rings. The fourth-order valence-corrected chi connectivity index (χ4v) is 2.79. The van der Waals surface area contributed by atoms with Crippen LogP contribution in [-0.4, -0.2) is 11.0 Å². The minimum absolute atomic E-state index is 0.635. The molecule has 1 aliphatic carbocycles. The van der Waals surface area contributed by atoms with E-state index in [1.807, 2.05) is 12.3 Å². The van der Waals surface area contributed by atoms with E-state index >= 15 is 0 Å². The van der Waals surface area contributed by atoms with Crippen LogP contribution in [0.5, 0.6) is 0 Å². The average Bonchev–Trinajstić information content (AvgIpc) is 2.75. The Kier molecular flexibility index (Phi) is 2.71. The summed E-state index contributed by atoms with van der Waals surface area (Å²) in [6.45, 7) is 2.34. The zero-order valence-corrected chi connectivity index (χ0v) is 10.2. The number of nitrogens with zero attached hydrogens (tertiary/aromatic N) is 1. The molecule has 1 N–H and O–H groups in total. The van der Waals surface area contributed by atoms with E-state index in [1.54, 1.807) is 0 Å². The zero-order valence-electron chi connectivity index (χ0n) is 10.2. The van der Waals surface area contributed by atoms with Crippen molar-refractivity contribution >= 4 is 16.6 Å². The van der Waals surface area contributed by atoms with E-state index in [0.29, 0.717) is 6.04 Å². The van der Waals surface area contributed by atoms with Gasteiger partial charge in [0.05, 0.1) is 5.52 Å². The highest BCUT2D eigenvalue weighted by Crippen LogP contribution is 2.29. The molecule has 0 saturated heterocycles. The Morgan fingerprint density at radius 3 is 2.94 bits per heavy atom. The molecular formula is C15H18N2. The number of fused-ring (bicyclic) bond motifs is 1. The van der Waals surface area contributed by atoms with E-state index < -0.39 is 0 Å². The summed E-state index contributed by atoms with van der Waals surface area (Å²) in [6, 6.07) is 11.1. The molecule has 0 aliphatic heterocycles. The normalized spacial score (nSPS) is 24.1. The van der Waals surface area contributed by atoms with Crippen molar-refractivity contribution in [3.63, 3.8) is 0 Å². The van der Waals surface area contributed by atoms with E-state index in [1.165, 1.54) is 30.3 Å². The van der Waals surface area contributed by atoms with Crippen LogP contribution >= 0.6 is 0 Å². The second-order valence-corrected chi connectivity index (χ2v) is 5.14. The second kappa shape index (κ2) is 4.36. The fraction of sp³-hybridized carbons (Fsp3) is 0.400. The quantitative estimate of drug-likeness (QED) is 0.841. The summed E-state index contributed by atoms with van der Waals surface area (Å²) in [7, 11) is 0. The summed E-state index contributed by atoms with van der Waals surface area (Å²) in [4.78, 5) is 4.39. The van der Waals surface area contributed by atoms with Gasteiger partial charge >= 0.3 is 0 Å². The Morgan fingerprint density at radius 1 is 1.18 bits per heavy atom. The molecule has 1 aliphatic rings. The molecule has 2 heteroatoms. The van der Waals surface area contributed by atoms with Crippen LogP contribution in [0.2, 0.25) is 0 Å². The van der Waals surface area contributed by atoms with Crippen molar-refractivity contribution in [3.05, 3.63) is 36.5 Å². The van der Waals surface area contributed by atoms with Crippen LogP contribution < -0.4 is 5.32 Å². The Balaban J connectivity index is 1.90. The first-order valence-electron chi connectivity index (χ1n) is 6.43. The van der Waals surface area contributed by atoms with Gasteiger partial charge in [0, 0.05) is 23.3 Å². The van der Waals surface area contributed by atoms with Gasteiger partial charge in [-0.1, -0.05) is 13.0 Å². The van der Waals surface area contributed by atoms with Gasteiger partial charge in [-0.3, -0.25) is 4.98 Å². The van der Waals surface area contributed by atoms with E-state index in [4.69, 9.17) is 0 Å². The predicted octanol–water partition coefficient (Wildman–Crippen LogP) is 3.84. The number of pyridine rings is 1. The van der Waals surface area contributed by atoms with Crippen LogP contribution in [0.1, 0.15) is 26.2 Å². The van der Waals surface area contributed by atoms with Crippen molar-refractivity contribution < 1.29 is 0 Å². The summed E-state index contributed by atoms with van der Waals surface area (Å²) in [6.07, 6.45) is 5.78. The van der Waals surface area contributed by atoms with Gasteiger partial charge in [-0.2, -0.15) is 0 Å². The molecule has 2 atom stereocenters. The molecule has 1 saturated carbocycles. The van der Waals surface area contributed by atoms with Crippen molar-refractivity contribution in [1.29, 1.82) is 0 Å². The number of benzene rings is 1. The first-order valence-corrected chi connectivity index (χ1v) is 6.43. The summed E-state index contributed by atoms with van der Waals surface area (Å²) in [5.41, 5.74) is 2.30. The standard InChI is InChI=1S/C15H18N2/c1-11-7-8-12(10-11)17-15-6-2-5-14-13(15)4-3-9-16-14/h2-6,9,11-12,17H,7-8,10H2,1H3. The number of aromatic nitrogens is 1. The SMILES string of the molecule is CC1CCC(Nc2cccc3ncccc23)C1. The van der Waals surface area contributed by atoms with Crippen molar-refractivity contribution in [2.45, 2.75) is 32.2 Å². The van der Waals surface area contributed by atoms with Crippen LogP contribution in [0.3, 0.4) is 0 Å². The molecule has 0 radical (unpaired) electrons. The maximum absolute atomic E-state index is 4.39. The highest BCUT2D eigenvalue weighted by atomic mass is 14.9. The molecule has 17 heavy (non-hydrogen) atoms. The van der Waals surface area contributed by atoms with E-state index in [9.17, 15) is 0 Å². The molecule has 1 fully saturated rings. The first-order chi connectivity index (χ1) is 8.33. The summed E-state index contributed by atoms with van der Waals surface area (Å²) < 4.78 is 0. The van der Waals surface area contributed by atoms with E-state index in [0.717, 1.165) is 11.4 Å². The van der Waals surface area contributed by atoms with Crippen LogP contribution in [0.25, 0.3) is 10.9 Å². The Labute approximate surface area is 102 Å². The molecule has 1 heterocycles. The molecule has 0 bridgehead atoms. The van der Waals surface area contributed by atoms with Gasteiger partial charge in [0.1, 0.15) is 0 Å². The third-order valence-corrected chi connectivity index (χ3v) is 3.70. The fourth-order valence-electron chi connectivity index (χ4n) is 2.79. The summed E-state index contributed by atoms with van der Waals surface area (Å²) >= 11 is 0. The van der Waals surface area contributed by atoms with Crippen LogP contribution in [0.15, 0.2) is 36.5 Å². The Hall–Kier alpha value is -1.57. The third-order valence-electron chi connectivity index (χ3n) is 3.70. The van der Waals surface area contributed by atoms with Crippen LogP contribution in [-0.2, 0) is 0 Å². The van der Waals surface area contributed by atoms with E-state index in [2.05, 4.69) is 41.5 Å². The molecule has 2 nitrogen and oxygen atoms in total. The smallest absolute Gasteiger partial charge is 0.0722 e. The number of hydrogen-bond donors (Lipinski definition) is 1. The summed E-state index contributed by atoms with van der Waals surface area (Å²) in [5.74, 6) is 0.862. The highest BCUT2D eigenvalue weighted by molar-refractivity contribution is 5.91. The van der Waals surface area contributed by atoms with Crippen molar-refractivity contribution in [3.8, 4) is 0 Å². The van der Waals surface area contributed by atoms with Gasteiger partial charge in [-0.25, -0.2) is 0 Å². The third kappa shape index (κ3) is 2.12. The molecular weight excluding hydrogens is 208 g/mol. The van der Waals surface area contributed by atoms with Crippen molar-refractivity contribution in [2.75, 3.05) is 5.32 Å². The number of nitrogens with one attached hydrogen (secondary N) is 1.